The van der Waals surface area contributed by atoms with Gasteiger partial charge in [-0.05, 0) is 65.4 Å². The van der Waals surface area contributed by atoms with Gasteiger partial charge in [-0.2, -0.15) is 0 Å². The zero-order valence-corrected chi connectivity index (χ0v) is 28.0. The zero-order chi connectivity index (χ0) is 34.4. The highest BCUT2D eigenvalue weighted by molar-refractivity contribution is 6.30. The Morgan fingerprint density at radius 3 is 2.08 bits per heavy atom. The second-order valence-corrected chi connectivity index (χ2v) is 12.7. The highest BCUT2D eigenvalue weighted by atomic mass is 16.6. The van der Waals surface area contributed by atoms with E-state index in [2.05, 4.69) is 0 Å². The Labute approximate surface area is 290 Å². The molecule has 252 valence electrons. The van der Waals surface area contributed by atoms with Crippen LogP contribution < -0.4 is 14.4 Å². The number of amidine groups is 1. The number of carbonyl (C=O) groups excluding carboxylic acids is 1. The van der Waals surface area contributed by atoms with E-state index in [0.29, 0.717) is 5.84 Å². The summed E-state index contributed by atoms with van der Waals surface area (Å²) in [5.74, 6) is 2.03. The zero-order valence-electron chi connectivity index (χ0n) is 28.0. The van der Waals surface area contributed by atoms with E-state index >= 15 is 0 Å². The molecule has 0 bridgehead atoms. The fourth-order valence-corrected chi connectivity index (χ4v) is 7.28. The van der Waals surface area contributed by atoms with Crippen molar-refractivity contribution in [2.75, 3.05) is 25.7 Å². The van der Waals surface area contributed by atoms with Crippen molar-refractivity contribution < 1.29 is 28.8 Å². The van der Waals surface area contributed by atoms with Crippen LogP contribution in [0.25, 0.3) is 10.8 Å². The maximum absolute atomic E-state index is 14.2. The molecule has 1 N–H and O–H groups in total. The van der Waals surface area contributed by atoms with Crippen molar-refractivity contribution in [3.63, 3.8) is 0 Å². The van der Waals surface area contributed by atoms with Gasteiger partial charge in [0.05, 0.1) is 38.3 Å². The average Bonchev–Trinajstić information content (AvgIpc) is 3.54. The number of hydrogen-bond acceptors (Lipinski definition) is 7. The average molecular weight is 668 g/mol. The molecule has 50 heavy (non-hydrogen) atoms. The third-order valence-electron chi connectivity index (χ3n) is 9.79. The van der Waals surface area contributed by atoms with Gasteiger partial charge < -0.3 is 24.1 Å². The predicted molar refractivity (Wildman–Crippen MR) is 192 cm³/mol. The van der Waals surface area contributed by atoms with Crippen molar-refractivity contribution in [1.29, 1.82) is 0 Å². The fourth-order valence-electron chi connectivity index (χ4n) is 7.28. The summed E-state index contributed by atoms with van der Waals surface area (Å²) in [5, 5.41) is 13.4. The minimum atomic E-state index is -1.08. The van der Waals surface area contributed by atoms with Crippen LogP contribution in [0.5, 0.6) is 11.5 Å². The molecule has 9 heteroatoms. The molecule has 3 atom stereocenters. The van der Waals surface area contributed by atoms with E-state index in [1.54, 1.807) is 30.2 Å². The number of hydrogen-bond donors (Lipinski definition) is 1. The lowest BCUT2D eigenvalue weighted by atomic mass is 9.80. The van der Waals surface area contributed by atoms with Gasteiger partial charge in [0.2, 0.25) is 0 Å². The highest BCUT2D eigenvalue weighted by Crippen LogP contribution is 2.44. The molecule has 9 nitrogen and oxygen atoms in total. The van der Waals surface area contributed by atoms with Crippen LogP contribution in [-0.2, 0) is 15.1 Å². The summed E-state index contributed by atoms with van der Waals surface area (Å²) in [7, 11) is 3.27. The first kappa shape index (κ1) is 31.8. The molecule has 0 spiro atoms. The van der Waals surface area contributed by atoms with Crippen LogP contribution in [0, 0.1) is 0 Å². The number of aliphatic imine (C=N–C) groups is 1. The lowest BCUT2D eigenvalue weighted by Gasteiger charge is -2.39. The summed E-state index contributed by atoms with van der Waals surface area (Å²) in [5.41, 5.74) is 3.98. The van der Waals surface area contributed by atoms with E-state index in [0.717, 1.165) is 55.9 Å². The van der Waals surface area contributed by atoms with E-state index in [-0.39, 0.29) is 19.1 Å². The molecule has 8 rings (SSSR count). The Morgan fingerprint density at radius 2 is 1.44 bits per heavy atom. The predicted octanol–water partition coefficient (Wildman–Crippen LogP) is 7.53. The summed E-state index contributed by atoms with van der Waals surface area (Å²) in [6.07, 6.45) is -0.334. The Balaban J connectivity index is 1.11. The van der Waals surface area contributed by atoms with E-state index in [9.17, 15) is 9.90 Å². The van der Waals surface area contributed by atoms with Crippen LogP contribution in [-0.4, -0.2) is 61.1 Å². The number of fused-ring (bicyclic) bond motifs is 2. The third-order valence-corrected chi connectivity index (χ3v) is 9.79. The van der Waals surface area contributed by atoms with Crippen molar-refractivity contribution in [3.05, 3.63) is 144 Å². The molecule has 3 aliphatic rings. The van der Waals surface area contributed by atoms with E-state index in [1.165, 1.54) is 0 Å². The quantitative estimate of drug-likeness (QED) is 0.164. The monoisotopic (exact) mass is 667 g/mol. The Bertz CT molecular complexity index is 2060. The number of urea groups is 1. The van der Waals surface area contributed by atoms with Crippen LogP contribution in [0.3, 0.4) is 0 Å². The number of nitrogens with zero attached hydrogens (tertiary/aromatic N) is 3. The van der Waals surface area contributed by atoms with Crippen LogP contribution in [0.2, 0.25) is 0 Å². The molecular formula is C41H37N3O6. The molecule has 0 radical (unpaired) electrons. The van der Waals surface area contributed by atoms with Gasteiger partial charge in [-0.3, -0.25) is 4.90 Å². The van der Waals surface area contributed by atoms with Crippen molar-refractivity contribution in [2.24, 2.45) is 4.99 Å². The topological polar surface area (TPSA) is 93.1 Å². The van der Waals surface area contributed by atoms with Gasteiger partial charge in [-0.15, -0.1) is 0 Å². The van der Waals surface area contributed by atoms with E-state index in [4.69, 9.17) is 23.9 Å². The number of methoxy groups -OCH3 is 2. The van der Waals surface area contributed by atoms with Crippen LogP contribution in [0.4, 0.5) is 16.2 Å². The van der Waals surface area contributed by atoms with Crippen molar-refractivity contribution >= 4 is 34.0 Å². The molecule has 5 aromatic carbocycles. The molecule has 5 aromatic rings. The molecule has 3 heterocycles. The molecule has 1 saturated heterocycles. The molecule has 0 saturated carbocycles. The Kier molecular flexibility index (Phi) is 8.11. The van der Waals surface area contributed by atoms with Crippen LogP contribution >= 0.6 is 0 Å². The number of benzene rings is 5. The van der Waals surface area contributed by atoms with E-state index < -0.39 is 24.0 Å². The Morgan fingerprint density at radius 1 is 0.820 bits per heavy atom. The van der Waals surface area contributed by atoms with Gasteiger partial charge in [0.25, 0.3) is 0 Å². The minimum absolute atomic E-state index is 0.0401. The molecule has 0 aliphatic carbocycles. The molecule has 3 aliphatic heterocycles. The fraction of sp³-hybridized carbons (Fsp3) is 0.220. The van der Waals surface area contributed by atoms with Crippen LogP contribution in [0.15, 0.2) is 132 Å². The Hall–Kier alpha value is -5.48. The third kappa shape index (κ3) is 5.22. The summed E-state index contributed by atoms with van der Waals surface area (Å²) in [6.45, 7) is 1.97. The minimum Gasteiger partial charge on any atom is -0.497 e. The SMILES string of the molecule is COc1ccc(C(OC[C@H]2O[C@@H](N3C=C(C)C4=Nc5cccc6cccc(c56)N4C3=O)C[C@@H]2O)(c2ccccc2)c2ccc(OC)cc2)cc1. The largest absolute Gasteiger partial charge is 0.497 e. The standard InChI is InChI=1S/C41H37N3O6/c1-26-24-43(40(46)44-34-14-8-10-27-9-7-13-33(38(27)34)42-39(26)44)37-23-35(45)36(50-37)25-49-41(28-11-5-4-6-12-28,29-15-19-31(47-2)20-16-29)30-17-21-32(48-3)22-18-30/h4-22,24,35-37,45H,23,25H2,1-3H3/t35-,36+,37+/m0/s1. The maximum Gasteiger partial charge on any atom is 0.336 e. The van der Waals surface area contributed by atoms with E-state index in [1.807, 2.05) is 122 Å². The molecule has 1 fully saturated rings. The van der Waals surface area contributed by atoms with Gasteiger partial charge in [0, 0.05) is 23.6 Å². The van der Waals surface area contributed by atoms with Gasteiger partial charge >= 0.3 is 6.03 Å². The number of aliphatic hydroxyl groups excluding tert-OH is 1. The highest BCUT2D eigenvalue weighted by Gasteiger charge is 2.46. The molecule has 0 unspecified atom stereocenters. The number of rotatable bonds is 9. The number of ether oxygens (including phenoxy) is 4. The van der Waals surface area contributed by atoms with Crippen molar-refractivity contribution in [2.45, 2.75) is 37.4 Å². The number of anilines is 1. The molecule has 0 aromatic heterocycles. The first-order valence-corrected chi connectivity index (χ1v) is 16.6. The van der Waals surface area contributed by atoms with Gasteiger partial charge in [-0.25, -0.2) is 14.7 Å². The number of amides is 2. The first-order valence-electron chi connectivity index (χ1n) is 16.6. The lowest BCUT2D eigenvalue weighted by Crippen LogP contribution is -2.52. The maximum atomic E-state index is 14.2. The number of carbonyl (C=O) groups is 1. The second kappa shape index (κ2) is 12.8. The van der Waals surface area contributed by atoms with Crippen molar-refractivity contribution in [1.82, 2.24) is 4.90 Å². The second-order valence-electron chi connectivity index (χ2n) is 12.7. The smallest absolute Gasteiger partial charge is 0.336 e. The van der Waals surface area contributed by atoms with Crippen LogP contribution in [0.1, 0.15) is 30.0 Å². The molecular weight excluding hydrogens is 630 g/mol. The lowest BCUT2D eigenvalue weighted by molar-refractivity contribution is -0.0970. The van der Waals surface area contributed by atoms with Gasteiger partial charge in [-0.1, -0.05) is 78.9 Å². The summed E-state index contributed by atoms with van der Waals surface area (Å²) < 4.78 is 24.5. The normalized spacial score (nSPS) is 20.0. The summed E-state index contributed by atoms with van der Waals surface area (Å²) in [6, 6.07) is 37.1. The number of aliphatic hydroxyl groups is 1. The summed E-state index contributed by atoms with van der Waals surface area (Å²) >= 11 is 0. The van der Waals surface area contributed by atoms with Gasteiger partial charge in [0.15, 0.2) is 0 Å². The van der Waals surface area contributed by atoms with Gasteiger partial charge in [0.1, 0.15) is 35.3 Å². The van der Waals surface area contributed by atoms with Crippen molar-refractivity contribution in [3.8, 4) is 11.5 Å². The summed E-state index contributed by atoms with van der Waals surface area (Å²) in [4.78, 5) is 22.3. The molecule has 2 amide bonds. The first-order chi connectivity index (χ1) is 24.4.